The highest BCUT2D eigenvalue weighted by Crippen LogP contribution is 2.44. The Bertz CT molecular complexity index is 2390. The Morgan fingerprint density at radius 3 is 1.46 bits per heavy atom. The Kier molecular flexibility index (Phi) is 18.5. The summed E-state index contributed by atoms with van der Waals surface area (Å²) in [5.41, 5.74) is 0.418. The lowest BCUT2D eigenvalue weighted by Gasteiger charge is -2.38. The highest BCUT2D eigenvalue weighted by atomic mass is 35.5. The molecule has 59 heavy (non-hydrogen) atoms. The number of aromatic carboxylic acids is 2. The van der Waals surface area contributed by atoms with Crippen LogP contribution >= 0.6 is 69.6 Å². The summed E-state index contributed by atoms with van der Waals surface area (Å²) in [6.07, 6.45) is 3.50. The van der Waals surface area contributed by atoms with Gasteiger partial charge in [0.05, 0.1) is 37.8 Å². The summed E-state index contributed by atoms with van der Waals surface area (Å²) < 4.78 is 30.7. The van der Waals surface area contributed by atoms with E-state index < -0.39 is 39.1 Å². The zero-order valence-corrected chi connectivity index (χ0v) is 35.4. The molecule has 6 rings (SSSR count). The first-order chi connectivity index (χ1) is 27.7. The van der Waals surface area contributed by atoms with E-state index in [9.17, 15) is 32.7 Å². The Morgan fingerprint density at radius 1 is 0.644 bits per heavy atom. The van der Waals surface area contributed by atoms with Crippen LogP contribution in [0.1, 0.15) is 52.0 Å². The summed E-state index contributed by atoms with van der Waals surface area (Å²) in [5.74, 6) is -2.83. The molecule has 12 nitrogen and oxygen atoms in total. The number of ether oxygens (including phenoxy) is 1. The van der Waals surface area contributed by atoms with Crippen molar-refractivity contribution in [1.82, 2.24) is 4.98 Å². The molecule has 5 aromatic rings. The van der Waals surface area contributed by atoms with E-state index in [1.54, 1.807) is 48.5 Å². The normalized spacial score (nSPS) is 12.2. The van der Waals surface area contributed by atoms with Crippen LogP contribution in [0.2, 0.25) is 15.2 Å². The van der Waals surface area contributed by atoms with E-state index >= 15 is 0 Å². The minimum Gasteiger partial charge on any atom is -0.481 e. The van der Waals surface area contributed by atoms with Crippen LogP contribution in [0.5, 0.6) is 11.5 Å². The van der Waals surface area contributed by atoms with E-state index in [0.717, 1.165) is 24.8 Å². The fourth-order valence-corrected chi connectivity index (χ4v) is 6.83. The van der Waals surface area contributed by atoms with Crippen LogP contribution in [0.3, 0.4) is 0 Å². The Labute approximate surface area is 368 Å². The molecule has 1 aliphatic rings. The molecule has 4 N–H and O–H groups in total. The third-order valence-electron chi connectivity index (χ3n) is 8.09. The van der Waals surface area contributed by atoms with E-state index in [1.807, 2.05) is 12.1 Å². The zero-order chi connectivity index (χ0) is 43.9. The van der Waals surface area contributed by atoms with Crippen LogP contribution in [0.25, 0.3) is 0 Å². The molecule has 0 amide bonds. The number of hydrogen-bond donors (Lipinski definition) is 4. The van der Waals surface area contributed by atoms with Crippen LogP contribution < -0.4 is 4.74 Å². The van der Waals surface area contributed by atoms with E-state index in [0.29, 0.717) is 21.5 Å². The van der Waals surface area contributed by atoms with Crippen LogP contribution in [0.4, 0.5) is 0 Å². The summed E-state index contributed by atoms with van der Waals surface area (Å²) >= 11 is 32.5. The standard InChI is InChI=1S/C19H13ClO5S.C11H11ClO2.C6H4ClNO2.C4H3Cl3O2/c20-14-3-5-15(6-4-14)25-16-7-11-18(12-8-16)26(23,24)17-9-1-13(2-10-17)19(21)22;12-9-4-2-8(3-5-9)11(10(13)14)6-1-7-11;7-5-3-4(6(9)10)1-2-8-5;5-2(4(6)7)1-3(8)9/h1-12H,(H,21,22);2-5H,1,6-7H2,(H,13,14);1-3H,(H,9,10);1H2,(H,8,9). The molecule has 0 atom stereocenters. The van der Waals surface area contributed by atoms with Gasteiger partial charge in [-0.05, 0) is 115 Å². The maximum absolute atomic E-state index is 12.6. The Hall–Kier alpha value is -4.86. The SMILES string of the molecule is O=C(O)C1(c2ccc(Cl)cc2)CCC1.O=C(O)CC(Cl)=C(Cl)Cl.O=C(O)c1ccc(S(=O)(=O)c2ccc(Oc3ccc(Cl)cc3)cc2)cc1.O=C(O)c1ccnc(Cl)c1. The maximum atomic E-state index is 12.6. The molecule has 0 spiro atoms. The number of pyridine rings is 1. The molecule has 4 aromatic carbocycles. The van der Waals surface area contributed by atoms with Gasteiger partial charge >= 0.3 is 23.9 Å². The number of nitrogens with zero attached hydrogens (tertiary/aromatic N) is 1. The number of rotatable bonds is 10. The van der Waals surface area contributed by atoms with Crippen molar-refractivity contribution < 1.29 is 52.8 Å². The van der Waals surface area contributed by atoms with E-state index in [-0.39, 0.29) is 42.0 Å². The molecule has 0 unspecified atom stereocenters. The number of carboxylic acids is 4. The van der Waals surface area contributed by atoms with Crippen molar-refractivity contribution in [2.75, 3.05) is 0 Å². The van der Waals surface area contributed by atoms with Gasteiger partial charge in [0.1, 0.15) is 21.1 Å². The molecular weight excluding hydrogens is 915 g/mol. The first-order valence-electron chi connectivity index (χ1n) is 16.6. The van der Waals surface area contributed by atoms with Gasteiger partial charge in [-0.3, -0.25) is 9.59 Å². The molecule has 0 saturated heterocycles. The predicted molar refractivity (Wildman–Crippen MR) is 224 cm³/mol. The van der Waals surface area contributed by atoms with Gasteiger partial charge in [0.15, 0.2) is 0 Å². The lowest BCUT2D eigenvalue weighted by molar-refractivity contribution is -0.147. The summed E-state index contributed by atoms with van der Waals surface area (Å²) in [5, 5.41) is 36.0. The van der Waals surface area contributed by atoms with Gasteiger partial charge in [-0.15, -0.1) is 0 Å². The van der Waals surface area contributed by atoms with Crippen LogP contribution in [-0.2, 0) is 24.8 Å². The summed E-state index contributed by atoms with van der Waals surface area (Å²) in [6.45, 7) is 0. The van der Waals surface area contributed by atoms with Gasteiger partial charge in [-0.1, -0.05) is 88.2 Å². The average molecular weight is 946 g/mol. The second-order valence-electron chi connectivity index (χ2n) is 12.0. The largest absolute Gasteiger partial charge is 0.481 e. The summed E-state index contributed by atoms with van der Waals surface area (Å²) in [4.78, 5) is 45.9. The van der Waals surface area contributed by atoms with Crippen molar-refractivity contribution in [2.45, 2.75) is 40.9 Å². The van der Waals surface area contributed by atoms with E-state index in [4.69, 9.17) is 89.7 Å². The number of carboxylic acid groups (broad SMARTS) is 4. The molecule has 0 aliphatic heterocycles. The number of halogens is 6. The van der Waals surface area contributed by atoms with Gasteiger partial charge in [-0.25, -0.2) is 23.0 Å². The maximum Gasteiger partial charge on any atom is 0.335 e. The molecular formula is C40H31Cl6NO11S. The van der Waals surface area contributed by atoms with Gasteiger partial charge < -0.3 is 25.2 Å². The fraction of sp³-hybridized carbons (Fsp3) is 0.125. The molecule has 1 heterocycles. The molecule has 1 saturated carbocycles. The minimum absolute atomic E-state index is 0.0221. The van der Waals surface area contributed by atoms with Gasteiger partial charge in [0.2, 0.25) is 9.84 Å². The minimum atomic E-state index is -3.74. The predicted octanol–water partition coefficient (Wildman–Crippen LogP) is 11.3. The van der Waals surface area contributed by atoms with Crippen molar-refractivity contribution in [3.63, 3.8) is 0 Å². The lowest BCUT2D eigenvalue weighted by Crippen LogP contribution is -2.42. The molecule has 310 valence electrons. The number of hydrogen-bond acceptors (Lipinski definition) is 8. The quantitative estimate of drug-likeness (QED) is 0.0965. The van der Waals surface area contributed by atoms with Crippen molar-refractivity contribution in [3.05, 3.63) is 157 Å². The lowest BCUT2D eigenvalue weighted by atomic mass is 9.64. The number of aromatic nitrogens is 1. The second kappa shape index (κ2) is 22.5. The number of benzene rings is 4. The van der Waals surface area contributed by atoms with Gasteiger partial charge in [-0.2, -0.15) is 0 Å². The van der Waals surface area contributed by atoms with E-state index in [2.05, 4.69) is 4.98 Å². The molecule has 19 heteroatoms. The highest BCUT2D eigenvalue weighted by molar-refractivity contribution is 7.91. The van der Waals surface area contributed by atoms with Crippen molar-refractivity contribution in [1.29, 1.82) is 0 Å². The van der Waals surface area contributed by atoms with Gasteiger partial charge in [0, 0.05) is 16.2 Å². The highest BCUT2D eigenvalue weighted by Gasteiger charge is 2.45. The molecule has 0 bridgehead atoms. The van der Waals surface area contributed by atoms with Crippen LogP contribution in [0, 0.1) is 0 Å². The van der Waals surface area contributed by atoms with Crippen molar-refractivity contribution >= 4 is 103 Å². The van der Waals surface area contributed by atoms with Crippen LogP contribution in [-0.4, -0.2) is 57.7 Å². The number of carbonyl (C=O) groups is 4. The molecule has 1 aliphatic carbocycles. The topological polar surface area (TPSA) is 205 Å². The zero-order valence-electron chi connectivity index (χ0n) is 30.1. The van der Waals surface area contributed by atoms with Gasteiger partial charge in [0.25, 0.3) is 0 Å². The molecule has 1 aromatic heterocycles. The third kappa shape index (κ3) is 14.7. The molecule has 0 radical (unpaired) electrons. The number of aliphatic carboxylic acids is 2. The summed E-state index contributed by atoms with van der Waals surface area (Å²) in [7, 11) is -3.74. The third-order valence-corrected chi connectivity index (χ3v) is 11.6. The van der Waals surface area contributed by atoms with E-state index in [1.165, 1.54) is 54.7 Å². The van der Waals surface area contributed by atoms with Crippen LogP contribution in [0.15, 0.2) is 135 Å². The monoisotopic (exact) mass is 943 g/mol. The summed E-state index contributed by atoms with van der Waals surface area (Å²) in [6, 6.07) is 27.6. The Morgan fingerprint density at radius 2 is 1.10 bits per heavy atom. The smallest absolute Gasteiger partial charge is 0.335 e. The molecule has 1 fully saturated rings. The number of sulfone groups is 1. The van der Waals surface area contributed by atoms with Crippen molar-refractivity contribution in [3.8, 4) is 11.5 Å². The Balaban J connectivity index is 0.000000236. The fourth-order valence-electron chi connectivity index (χ4n) is 4.90. The first kappa shape index (κ1) is 48.5. The average Bonchev–Trinajstić information content (AvgIpc) is 3.16. The first-order valence-corrected chi connectivity index (χ1v) is 20.4. The second-order valence-corrected chi connectivity index (χ2v) is 16.6. The van der Waals surface area contributed by atoms with Crippen molar-refractivity contribution in [2.24, 2.45) is 0 Å².